The van der Waals surface area contributed by atoms with Crippen LogP contribution in [0.15, 0.2) is 168 Å². The Morgan fingerprint density at radius 3 is 1.84 bits per heavy atom. The van der Waals surface area contributed by atoms with Crippen LogP contribution < -0.4 is 5.32 Å². The van der Waals surface area contributed by atoms with E-state index in [2.05, 4.69) is 131 Å². The molecule has 6 aromatic carbocycles. The number of aliphatic imine (C=N–C) groups is 2. The second-order valence-corrected chi connectivity index (χ2v) is 10.7. The second kappa shape index (κ2) is 10.6. The Morgan fingerprint density at radius 2 is 1.09 bits per heavy atom. The molecule has 8 rings (SSSR count). The van der Waals surface area contributed by atoms with Crippen molar-refractivity contribution in [1.82, 2.24) is 9.88 Å². The number of aromatic nitrogens is 1. The monoisotopic (exact) mass is 552 g/mol. The Hall–Kier alpha value is -5.74. The molecule has 2 heterocycles. The fraction of sp³-hybridized carbons (Fsp3) is 0.0256. The van der Waals surface area contributed by atoms with Crippen LogP contribution in [0.3, 0.4) is 0 Å². The molecule has 1 atom stereocenters. The number of para-hydroxylation sites is 1. The van der Waals surface area contributed by atoms with E-state index in [0.717, 1.165) is 28.2 Å². The van der Waals surface area contributed by atoms with E-state index in [-0.39, 0.29) is 6.17 Å². The minimum Gasteiger partial charge on any atom is -0.344 e. The van der Waals surface area contributed by atoms with E-state index in [1.807, 2.05) is 36.4 Å². The molecule has 1 unspecified atom stereocenters. The number of fused-ring (bicyclic) bond motifs is 3. The van der Waals surface area contributed by atoms with Crippen molar-refractivity contribution in [1.29, 1.82) is 0 Å². The minimum absolute atomic E-state index is 0.222. The van der Waals surface area contributed by atoms with Gasteiger partial charge in [-0.15, -0.1) is 0 Å². The van der Waals surface area contributed by atoms with Crippen molar-refractivity contribution >= 4 is 33.5 Å². The molecular weight excluding hydrogens is 524 g/mol. The minimum atomic E-state index is -0.222. The van der Waals surface area contributed by atoms with Crippen molar-refractivity contribution in [3.8, 4) is 16.8 Å². The molecule has 0 aliphatic carbocycles. The van der Waals surface area contributed by atoms with Gasteiger partial charge < -0.3 is 9.88 Å². The maximum absolute atomic E-state index is 5.04. The summed E-state index contributed by atoms with van der Waals surface area (Å²) in [5.41, 5.74) is 9.01. The molecule has 1 N–H and O–H groups in total. The van der Waals surface area contributed by atoms with Gasteiger partial charge in [-0.1, -0.05) is 115 Å². The standard InChI is InChI=1S/C39H28N4/c1-4-12-27(13-5-1)31-22-25-36-34(26-31)33-18-10-11-19-35(33)43(36)32-23-20-30(21-24-32)39-41-37(28-14-6-2-7-15-28)40-38(42-39)29-16-8-3-9-17-29/h1-26,37H,(H,40,41,42). The van der Waals surface area contributed by atoms with E-state index in [1.54, 1.807) is 0 Å². The van der Waals surface area contributed by atoms with Crippen molar-refractivity contribution in [2.24, 2.45) is 9.98 Å². The van der Waals surface area contributed by atoms with Crippen molar-refractivity contribution < 1.29 is 0 Å². The summed E-state index contributed by atoms with van der Waals surface area (Å²) in [6.45, 7) is 0. The summed E-state index contributed by atoms with van der Waals surface area (Å²) in [5.74, 6) is 1.54. The highest BCUT2D eigenvalue weighted by Crippen LogP contribution is 2.35. The molecule has 4 heteroatoms. The van der Waals surface area contributed by atoms with E-state index in [1.165, 1.54) is 32.9 Å². The maximum atomic E-state index is 5.04. The first-order valence-electron chi connectivity index (χ1n) is 14.5. The lowest BCUT2D eigenvalue weighted by molar-refractivity contribution is 0.674. The predicted octanol–water partition coefficient (Wildman–Crippen LogP) is 8.95. The lowest BCUT2D eigenvalue weighted by atomic mass is 10.0. The Kier molecular flexibility index (Phi) is 6.16. The smallest absolute Gasteiger partial charge is 0.159 e. The Morgan fingerprint density at radius 1 is 0.488 bits per heavy atom. The van der Waals surface area contributed by atoms with Crippen LogP contribution in [-0.4, -0.2) is 16.2 Å². The third-order valence-corrected chi connectivity index (χ3v) is 8.07. The molecule has 1 aromatic heterocycles. The highest BCUT2D eigenvalue weighted by atomic mass is 15.2. The molecule has 7 aromatic rings. The highest BCUT2D eigenvalue weighted by molar-refractivity contribution is 6.13. The molecule has 0 fully saturated rings. The van der Waals surface area contributed by atoms with E-state index < -0.39 is 0 Å². The number of benzene rings is 6. The van der Waals surface area contributed by atoms with Gasteiger partial charge in [0.1, 0.15) is 12.0 Å². The van der Waals surface area contributed by atoms with Crippen LogP contribution in [0.2, 0.25) is 0 Å². The largest absolute Gasteiger partial charge is 0.344 e. The van der Waals surface area contributed by atoms with Gasteiger partial charge in [0.05, 0.1) is 11.0 Å². The van der Waals surface area contributed by atoms with Gasteiger partial charge in [0.2, 0.25) is 0 Å². The van der Waals surface area contributed by atoms with Crippen LogP contribution in [0.1, 0.15) is 22.9 Å². The third kappa shape index (κ3) is 4.59. The first kappa shape index (κ1) is 25.0. The van der Waals surface area contributed by atoms with E-state index in [9.17, 15) is 0 Å². The van der Waals surface area contributed by atoms with Gasteiger partial charge in [-0.05, 0) is 59.2 Å². The normalized spacial score (nSPS) is 14.7. The summed E-state index contributed by atoms with van der Waals surface area (Å²) in [6, 6.07) is 55.1. The van der Waals surface area contributed by atoms with Crippen molar-refractivity contribution in [3.05, 3.63) is 174 Å². The summed E-state index contributed by atoms with van der Waals surface area (Å²) < 4.78 is 2.35. The average Bonchev–Trinajstić information content (AvgIpc) is 3.43. The summed E-state index contributed by atoms with van der Waals surface area (Å²) in [5, 5.41) is 6.02. The van der Waals surface area contributed by atoms with Crippen LogP contribution in [0.4, 0.5) is 0 Å². The van der Waals surface area contributed by atoms with E-state index in [4.69, 9.17) is 9.98 Å². The van der Waals surface area contributed by atoms with Crippen molar-refractivity contribution in [3.63, 3.8) is 0 Å². The van der Waals surface area contributed by atoms with Crippen molar-refractivity contribution in [2.45, 2.75) is 6.17 Å². The summed E-state index contributed by atoms with van der Waals surface area (Å²) in [4.78, 5) is 10.0. The molecule has 4 nitrogen and oxygen atoms in total. The molecular formula is C39H28N4. The van der Waals surface area contributed by atoms with Crippen LogP contribution in [0.5, 0.6) is 0 Å². The van der Waals surface area contributed by atoms with Crippen molar-refractivity contribution in [2.75, 3.05) is 0 Å². The van der Waals surface area contributed by atoms with Gasteiger partial charge in [0.25, 0.3) is 0 Å². The summed E-state index contributed by atoms with van der Waals surface area (Å²) >= 11 is 0. The first-order chi connectivity index (χ1) is 21.3. The average molecular weight is 553 g/mol. The summed E-state index contributed by atoms with van der Waals surface area (Å²) in [7, 11) is 0. The van der Waals surface area contributed by atoms with E-state index >= 15 is 0 Å². The number of hydrogen-bond acceptors (Lipinski definition) is 3. The molecule has 0 saturated heterocycles. The Labute approximate surface area is 250 Å². The molecule has 0 amide bonds. The van der Waals surface area contributed by atoms with Gasteiger partial charge in [-0.25, -0.2) is 9.98 Å². The number of nitrogens with zero attached hydrogens (tertiary/aromatic N) is 3. The molecule has 0 radical (unpaired) electrons. The molecule has 0 spiro atoms. The zero-order valence-electron chi connectivity index (χ0n) is 23.4. The van der Waals surface area contributed by atoms with Gasteiger partial charge in [-0.3, -0.25) is 0 Å². The van der Waals surface area contributed by atoms with Crippen LogP contribution in [-0.2, 0) is 0 Å². The third-order valence-electron chi connectivity index (χ3n) is 8.07. The molecule has 1 aliphatic rings. The highest BCUT2D eigenvalue weighted by Gasteiger charge is 2.21. The fourth-order valence-electron chi connectivity index (χ4n) is 5.95. The number of amidine groups is 2. The number of nitrogens with one attached hydrogen (secondary N) is 1. The number of rotatable bonds is 5. The maximum Gasteiger partial charge on any atom is 0.159 e. The predicted molar refractivity (Wildman–Crippen MR) is 178 cm³/mol. The Balaban J connectivity index is 1.22. The molecule has 0 bridgehead atoms. The first-order valence-corrected chi connectivity index (χ1v) is 14.5. The molecule has 0 saturated carbocycles. The van der Waals surface area contributed by atoms with Gasteiger partial charge in [0, 0.05) is 27.6 Å². The SMILES string of the molecule is c1ccc(C2=NC(c3ccc(-n4c5ccccc5c5cc(-c6ccccc6)ccc54)cc3)=NC(c3ccccc3)N2)cc1. The fourth-order valence-corrected chi connectivity index (χ4v) is 5.95. The van der Waals surface area contributed by atoms with E-state index in [0.29, 0.717) is 5.84 Å². The lowest BCUT2D eigenvalue weighted by Crippen LogP contribution is -2.33. The molecule has 204 valence electrons. The van der Waals surface area contributed by atoms with Crippen LogP contribution >= 0.6 is 0 Å². The van der Waals surface area contributed by atoms with Gasteiger partial charge >= 0.3 is 0 Å². The number of hydrogen-bond donors (Lipinski definition) is 1. The second-order valence-electron chi connectivity index (χ2n) is 10.7. The lowest BCUT2D eigenvalue weighted by Gasteiger charge is -2.23. The molecule has 1 aliphatic heterocycles. The van der Waals surface area contributed by atoms with Gasteiger partial charge in [-0.2, -0.15) is 0 Å². The zero-order chi connectivity index (χ0) is 28.6. The zero-order valence-corrected chi connectivity index (χ0v) is 23.4. The quantitative estimate of drug-likeness (QED) is 0.228. The topological polar surface area (TPSA) is 41.7 Å². The molecule has 43 heavy (non-hydrogen) atoms. The van der Waals surface area contributed by atoms with Crippen LogP contribution in [0, 0.1) is 0 Å². The Bertz CT molecular complexity index is 2130. The van der Waals surface area contributed by atoms with Crippen LogP contribution in [0.25, 0.3) is 38.6 Å². The summed E-state index contributed by atoms with van der Waals surface area (Å²) in [6.07, 6.45) is -0.222. The van der Waals surface area contributed by atoms with Gasteiger partial charge in [0.15, 0.2) is 5.84 Å².